The Morgan fingerprint density at radius 3 is 2.81 bits per heavy atom. The topological polar surface area (TPSA) is 18.5 Å². The Kier molecular flexibility index (Phi) is 7.02. The predicted molar refractivity (Wildman–Crippen MR) is 73.1 cm³/mol. The highest BCUT2D eigenvalue weighted by Crippen LogP contribution is 2.46. The molecule has 0 aliphatic rings. The predicted octanol–water partition coefficient (Wildman–Crippen LogP) is 5.20. The second-order valence-electron chi connectivity index (χ2n) is 3.66. The van der Waals surface area contributed by atoms with Gasteiger partial charge in [0.05, 0.1) is 6.61 Å². The summed E-state index contributed by atoms with van der Waals surface area (Å²) in [5.41, 5.74) is 1.19. The molecule has 0 radical (unpaired) electrons. The van der Waals surface area contributed by atoms with Gasteiger partial charge >= 0.3 is 7.08 Å². The third-order valence-electron chi connectivity index (χ3n) is 2.11. The van der Waals surface area contributed by atoms with Gasteiger partial charge in [-0.3, -0.25) is 0 Å². The van der Waals surface area contributed by atoms with Crippen LogP contribution in [0.2, 0.25) is 0 Å². The molecule has 0 aliphatic heterocycles. The van der Waals surface area contributed by atoms with E-state index in [1.54, 1.807) is 0 Å². The van der Waals surface area contributed by atoms with Crippen LogP contribution in [0, 0.1) is 6.92 Å². The third-order valence-corrected chi connectivity index (χ3v) is 3.90. The van der Waals surface area contributed by atoms with Crippen molar-refractivity contribution in [2.45, 2.75) is 33.1 Å². The number of hydrogen-bond acceptors (Lipinski definition) is 2. The SMILES string of the molecule is CCCCCOP(Br)Oc1cccc(C)c1. The van der Waals surface area contributed by atoms with Crippen molar-refractivity contribution < 1.29 is 9.05 Å². The van der Waals surface area contributed by atoms with Gasteiger partial charge < -0.3 is 9.05 Å². The first-order valence-corrected chi connectivity index (χ1v) is 8.75. The number of rotatable bonds is 7. The highest BCUT2D eigenvalue weighted by Gasteiger charge is 2.07. The van der Waals surface area contributed by atoms with Crippen LogP contribution in [-0.2, 0) is 4.52 Å². The first-order chi connectivity index (χ1) is 7.72. The molecule has 4 heteroatoms. The highest BCUT2D eigenvalue weighted by molar-refractivity contribution is 9.38. The fraction of sp³-hybridized carbons (Fsp3) is 0.500. The molecule has 0 spiro atoms. The van der Waals surface area contributed by atoms with Crippen LogP contribution in [0.25, 0.3) is 0 Å². The Labute approximate surface area is 107 Å². The lowest BCUT2D eigenvalue weighted by Gasteiger charge is -2.12. The Hall–Kier alpha value is -0.110. The van der Waals surface area contributed by atoms with Gasteiger partial charge in [-0.2, -0.15) is 0 Å². The van der Waals surface area contributed by atoms with Crippen LogP contribution in [0.15, 0.2) is 24.3 Å². The molecule has 0 saturated heterocycles. The van der Waals surface area contributed by atoms with Gasteiger partial charge in [-0.05, 0) is 31.0 Å². The van der Waals surface area contributed by atoms with Gasteiger partial charge in [-0.1, -0.05) is 31.9 Å². The zero-order valence-corrected chi connectivity index (χ0v) is 12.3. The molecule has 1 atom stereocenters. The molecule has 2 nitrogen and oxygen atoms in total. The summed E-state index contributed by atoms with van der Waals surface area (Å²) in [6, 6.07) is 7.98. The molecule has 0 fully saturated rings. The van der Waals surface area contributed by atoms with Crippen molar-refractivity contribution in [3.63, 3.8) is 0 Å². The molecule has 0 aliphatic carbocycles. The number of halogens is 1. The maximum absolute atomic E-state index is 5.63. The summed E-state index contributed by atoms with van der Waals surface area (Å²) in [7, 11) is -0.973. The van der Waals surface area contributed by atoms with Crippen molar-refractivity contribution in [3.05, 3.63) is 29.8 Å². The van der Waals surface area contributed by atoms with E-state index in [-0.39, 0.29) is 0 Å². The van der Waals surface area contributed by atoms with E-state index < -0.39 is 7.08 Å². The van der Waals surface area contributed by atoms with Gasteiger partial charge in [0.25, 0.3) is 0 Å². The van der Waals surface area contributed by atoms with E-state index in [2.05, 4.69) is 22.4 Å². The summed E-state index contributed by atoms with van der Waals surface area (Å²) in [6.07, 6.45) is 3.51. The van der Waals surface area contributed by atoms with Crippen molar-refractivity contribution >= 4 is 22.6 Å². The normalized spacial score (nSPS) is 12.4. The lowest BCUT2D eigenvalue weighted by Crippen LogP contribution is -1.91. The molecule has 1 aromatic rings. The minimum absolute atomic E-state index is 0.761. The molecule has 1 aromatic carbocycles. The molecule has 0 heterocycles. The van der Waals surface area contributed by atoms with Crippen LogP contribution in [0.5, 0.6) is 5.75 Å². The molecule has 0 N–H and O–H groups in total. The van der Waals surface area contributed by atoms with Crippen molar-refractivity contribution in [3.8, 4) is 5.75 Å². The number of benzene rings is 1. The summed E-state index contributed by atoms with van der Waals surface area (Å²) < 4.78 is 11.2. The largest absolute Gasteiger partial charge is 0.439 e. The smallest absolute Gasteiger partial charge is 0.307 e. The maximum atomic E-state index is 5.63. The quantitative estimate of drug-likeness (QED) is 0.509. The lowest BCUT2D eigenvalue weighted by molar-refractivity contribution is 0.315. The second kappa shape index (κ2) is 8.05. The van der Waals surface area contributed by atoms with E-state index in [0.717, 1.165) is 18.8 Å². The molecule has 90 valence electrons. The Morgan fingerprint density at radius 1 is 1.31 bits per heavy atom. The average Bonchev–Trinajstić information content (AvgIpc) is 2.24. The van der Waals surface area contributed by atoms with Gasteiger partial charge in [0.2, 0.25) is 0 Å². The van der Waals surface area contributed by atoms with Gasteiger partial charge in [0, 0.05) is 15.5 Å². The summed E-state index contributed by atoms with van der Waals surface area (Å²) in [6.45, 7) is 4.99. The fourth-order valence-corrected chi connectivity index (χ4v) is 2.81. The minimum atomic E-state index is -0.973. The molecule has 0 amide bonds. The molecule has 0 saturated carbocycles. The Balaban J connectivity index is 2.25. The summed E-state index contributed by atoms with van der Waals surface area (Å²) >= 11 is 3.41. The Bertz CT molecular complexity index is 307. The standard InChI is InChI=1S/C12H18BrO2P/c1-3-4-5-9-14-16(13)15-12-8-6-7-11(2)10-12/h6-8,10H,3-5,9H2,1-2H3. The number of unbranched alkanes of at least 4 members (excludes halogenated alkanes) is 2. The number of aryl methyl sites for hydroxylation is 1. The molecule has 0 bridgehead atoms. The van der Waals surface area contributed by atoms with Crippen molar-refractivity contribution in [2.24, 2.45) is 0 Å². The first kappa shape index (κ1) is 14.0. The molecule has 16 heavy (non-hydrogen) atoms. The number of hydrogen-bond donors (Lipinski definition) is 0. The highest BCUT2D eigenvalue weighted by atomic mass is 79.9. The third kappa shape index (κ3) is 5.83. The fourth-order valence-electron chi connectivity index (χ4n) is 1.27. The van der Waals surface area contributed by atoms with Gasteiger partial charge in [0.1, 0.15) is 5.75 Å². The van der Waals surface area contributed by atoms with Crippen LogP contribution in [0.4, 0.5) is 0 Å². The monoisotopic (exact) mass is 304 g/mol. The summed E-state index contributed by atoms with van der Waals surface area (Å²) in [4.78, 5) is 0. The maximum Gasteiger partial charge on any atom is 0.307 e. The summed E-state index contributed by atoms with van der Waals surface area (Å²) in [5.74, 6) is 0.860. The lowest BCUT2D eigenvalue weighted by atomic mass is 10.2. The van der Waals surface area contributed by atoms with E-state index in [1.807, 2.05) is 31.2 Å². The van der Waals surface area contributed by atoms with Crippen LogP contribution >= 0.6 is 22.6 Å². The van der Waals surface area contributed by atoms with E-state index in [9.17, 15) is 0 Å². The van der Waals surface area contributed by atoms with Gasteiger partial charge in [-0.25, -0.2) is 0 Å². The van der Waals surface area contributed by atoms with Crippen molar-refractivity contribution in [2.75, 3.05) is 6.61 Å². The van der Waals surface area contributed by atoms with Crippen LogP contribution in [-0.4, -0.2) is 6.61 Å². The van der Waals surface area contributed by atoms with Crippen molar-refractivity contribution in [1.29, 1.82) is 0 Å². The molecular weight excluding hydrogens is 287 g/mol. The van der Waals surface area contributed by atoms with Crippen LogP contribution in [0.3, 0.4) is 0 Å². The first-order valence-electron chi connectivity index (χ1n) is 5.56. The van der Waals surface area contributed by atoms with E-state index in [0.29, 0.717) is 0 Å². The van der Waals surface area contributed by atoms with Gasteiger partial charge in [0.15, 0.2) is 0 Å². The van der Waals surface area contributed by atoms with Crippen molar-refractivity contribution in [1.82, 2.24) is 0 Å². The van der Waals surface area contributed by atoms with E-state index in [4.69, 9.17) is 9.05 Å². The minimum Gasteiger partial charge on any atom is -0.439 e. The zero-order valence-electron chi connectivity index (χ0n) is 9.78. The van der Waals surface area contributed by atoms with Crippen LogP contribution in [0.1, 0.15) is 31.7 Å². The molecule has 1 rings (SSSR count). The van der Waals surface area contributed by atoms with Gasteiger partial charge in [-0.15, -0.1) is 0 Å². The Morgan fingerprint density at radius 2 is 2.12 bits per heavy atom. The molecule has 1 unspecified atom stereocenters. The van der Waals surface area contributed by atoms with E-state index >= 15 is 0 Å². The zero-order chi connectivity index (χ0) is 11.8. The molecule has 0 aromatic heterocycles. The van der Waals surface area contributed by atoms with Crippen LogP contribution < -0.4 is 4.52 Å². The second-order valence-corrected chi connectivity index (χ2v) is 6.26. The molecular formula is C12H18BrO2P. The van der Waals surface area contributed by atoms with E-state index in [1.165, 1.54) is 18.4 Å². The summed E-state index contributed by atoms with van der Waals surface area (Å²) in [5, 5.41) is 0. The average molecular weight is 305 g/mol.